The minimum atomic E-state index is -1.68. The van der Waals surface area contributed by atoms with Crippen LogP contribution in [0, 0.1) is 76.0 Å². The minimum absolute atomic E-state index is 0.267. The lowest BCUT2D eigenvalue weighted by molar-refractivity contribution is -0.661. The number of aromatic nitrogens is 4. The van der Waals surface area contributed by atoms with E-state index in [0.717, 1.165) is 46.5 Å². The van der Waals surface area contributed by atoms with E-state index < -0.39 is 29.9 Å². The monoisotopic (exact) mass is 1120 g/mol. The smallest absolute Gasteiger partial charge is 0.201 e. The van der Waals surface area contributed by atoms with Gasteiger partial charge in [-0.2, -0.15) is 0 Å². The van der Waals surface area contributed by atoms with Gasteiger partial charge in [0.25, 0.3) is 0 Å². The van der Waals surface area contributed by atoms with Gasteiger partial charge in [0.15, 0.2) is 24.8 Å². The molecule has 4 nitrogen and oxygen atoms in total. The summed E-state index contributed by atoms with van der Waals surface area (Å²) >= 11 is 0. The molecule has 0 unspecified atom stereocenters. The number of nitrogens with zero attached hydrogens (tertiary/aromatic N) is 4. The third-order valence-electron chi connectivity index (χ3n) is 14.4. The van der Waals surface area contributed by atoms with Crippen molar-refractivity contribution in [3.63, 3.8) is 0 Å². The zero-order valence-electron chi connectivity index (χ0n) is 62.1. The van der Waals surface area contributed by atoms with Crippen LogP contribution in [0.3, 0.4) is 0 Å². The maximum atomic E-state index is 8.85. The molecule has 0 aliphatic heterocycles. The summed E-state index contributed by atoms with van der Waals surface area (Å²) in [6.07, 6.45) is 5.81. The Hall–Kier alpha value is -6.52. The van der Waals surface area contributed by atoms with Gasteiger partial charge < -0.3 is 0 Å². The van der Waals surface area contributed by atoms with Gasteiger partial charge in [-0.25, -0.2) is 18.3 Å². The zero-order valence-corrected chi connectivity index (χ0v) is 56.1. The number of hydrogen-bond acceptors (Lipinski definition) is 0. The molecular formula is C79H110N4+4. The molecule has 0 spiro atoms. The molecule has 8 aromatic rings. The van der Waals surface area contributed by atoms with Crippen LogP contribution in [0.1, 0.15) is 172 Å². The van der Waals surface area contributed by atoms with Crippen LogP contribution in [0.15, 0.2) is 146 Å². The highest BCUT2D eigenvalue weighted by molar-refractivity contribution is 5.64. The van der Waals surface area contributed by atoms with E-state index in [1.165, 1.54) is 67.0 Å². The minimum Gasteiger partial charge on any atom is -0.201 e. The van der Waals surface area contributed by atoms with Crippen molar-refractivity contribution in [2.75, 3.05) is 0 Å². The fourth-order valence-electron chi connectivity index (χ4n) is 10.6. The third kappa shape index (κ3) is 20.7. The quantitative estimate of drug-likeness (QED) is 0.121. The second kappa shape index (κ2) is 28.4. The van der Waals surface area contributed by atoms with E-state index in [1.807, 2.05) is 141 Å². The van der Waals surface area contributed by atoms with Gasteiger partial charge in [0, 0.05) is 77.0 Å². The SMILES string of the molecule is Cc1cc(-c2ccccc2C)[n+](C)cc1CC(C)(C)C.Cc1ccc(-c2ccc(CC(C)(C)C)c[n+]2C)c(C)c1.[2H]C([2H])(c1c[n+](C)c(-c2ccccc2C)cc1C([2H])([2H])C(C)(C)C)C(C)C.[2H]C([2H])(c1c[n+](C)c(-c2ccccc2C)cc1C)C(C)(C)C. The second-order valence-electron chi connectivity index (χ2n) is 28.3. The van der Waals surface area contributed by atoms with Crippen molar-refractivity contribution < 1.29 is 26.5 Å². The Morgan fingerprint density at radius 3 is 1.14 bits per heavy atom. The molecule has 4 heteroatoms. The van der Waals surface area contributed by atoms with Crippen molar-refractivity contribution in [3.05, 3.63) is 213 Å². The first-order valence-electron chi connectivity index (χ1n) is 33.1. The molecule has 4 heterocycles. The van der Waals surface area contributed by atoms with Crippen LogP contribution in [-0.2, 0) is 60.2 Å². The van der Waals surface area contributed by atoms with Crippen LogP contribution in [-0.4, -0.2) is 0 Å². The first kappa shape index (κ1) is 58.3. The molecular weight excluding hydrogens is 1000 g/mol. The number of pyridine rings is 4. The Morgan fingerprint density at radius 1 is 0.349 bits per heavy atom. The van der Waals surface area contributed by atoms with Crippen molar-refractivity contribution in [3.8, 4) is 45.0 Å². The zero-order chi connectivity index (χ0) is 67.3. The first-order chi connectivity index (χ1) is 40.8. The Kier molecular flexibility index (Phi) is 19.9. The largest absolute Gasteiger partial charge is 0.212 e. The topological polar surface area (TPSA) is 15.5 Å². The summed E-state index contributed by atoms with van der Waals surface area (Å²) in [5, 5.41) is 0. The molecule has 0 amide bonds. The average molecular weight is 1120 g/mol. The molecule has 442 valence electrons. The molecule has 0 aliphatic rings. The Labute approximate surface area is 515 Å². The summed E-state index contributed by atoms with van der Waals surface area (Å²) < 4.78 is 60.5. The van der Waals surface area contributed by atoms with E-state index in [-0.39, 0.29) is 5.92 Å². The fourth-order valence-corrected chi connectivity index (χ4v) is 10.6. The van der Waals surface area contributed by atoms with E-state index >= 15 is 0 Å². The lowest BCUT2D eigenvalue weighted by Gasteiger charge is -2.21. The van der Waals surface area contributed by atoms with Crippen LogP contribution < -0.4 is 18.3 Å². The van der Waals surface area contributed by atoms with E-state index in [1.54, 1.807) is 6.20 Å². The number of aryl methyl sites for hydroxylation is 11. The van der Waals surface area contributed by atoms with Gasteiger partial charge in [0.1, 0.15) is 28.2 Å². The third-order valence-corrected chi connectivity index (χ3v) is 14.4. The number of benzene rings is 4. The van der Waals surface area contributed by atoms with Gasteiger partial charge in [0.05, 0.1) is 0 Å². The molecule has 0 saturated heterocycles. The lowest BCUT2D eigenvalue weighted by atomic mass is 9.84. The lowest BCUT2D eigenvalue weighted by Crippen LogP contribution is -2.33. The van der Waals surface area contributed by atoms with E-state index in [0.29, 0.717) is 22.0 Å². The predicted molar refractivity (Wildman–Crippen MR) is 357 cm³/mol. The number of rotatable bonds is 10. The standard InChI is InChI=1S/C22H32N.3C19H26N/c1-16(2)12-19-15-23(7)21(13-18(19)14-22(4,5)6)20-11-9-8-10-17(20)3;1-14-7-9-17(15(2)11-14)18-10-8-16(13-20(18)6)12-19(3,4)5;2*1-14-9-7-8-10-17(14)18-11-15(2)16(13-20(18)6)12-19(3,4)5/h8-11,13,15-16H,12,14H2,1-7H3;3*7-11,13H,12H2,1-6H3/q4*+1/i12D2,14D2;;12D2;. The molecule has 0 radical (unpaired) electrons. The van der Waals surface area contributed by atoms with Crippen LogP contribution >= 0.6 is 0 Å². The van der Waals surface area contributed by atoms with Gasteiger partial charge in [0.2, 0.25) is 22.8 Å². The van der Waals surface area contributed by atoms with Crippen LogP contribution in [0.4, 0.5) is 0 Å². The number of hydrogen-bond donors (Lipinski definition) is 0. The maximum Gasteiger partial charge on any atom is 0.212 e. The maximum absolute atomic E-state index is 8.85. The average Bonchev–Trinajstić information content (AvgIpc) is 1.80. The summed E-state index contributed by atoms with van der Waals surface area (Å²) in [5.41, 5.74) is 22.1. The summed E-state index contributed by atoms with van der Waals surface area (Å²) in [7, 11) is 8.18. The van der Waals surface area contributed by atoms with Crippen molar-refractivity contribution in [2.45, 2.75) is 177 Å². The Bertz CT molecular complexity index is 3750. The molecule has 0 bridgehead atoms. The molecule has 0 fully saturated rings. The summed E-state index contributed by atoms with van der Waals surface area (Å²) in [5.74, 6) is -0.267. The molecule has 83 heavy (non-hydrogen) atoms. The van der Waals surface area contributed by atoms with E-state index in [2.05, 4.69) is 191 Å². The van der Waals surface area contributed by atoms with Crippen LogP contribution in [0.25, 0.3) is 45.0 Å². The van der Waals surface area contributed by atoms with E-state index in [9.17, 15) is 0 Å². The van der Waals surface area contributed by atoms with Crippen molar-refractivity contribution in [1.82, 2.24) is 0 Å². The molecule has 4 aromatic heterocycles. The van der Waals surface area contributed by atoms with Gasteiger partial charge in [-0.3, -0.25) is 0 Å². The van der Waals surface area contributed by atoms with Gasteiger partial charge in [-0.1, -0.05) is 169 Å². The molecule has 0 aliphatic carbocycles. The molecule has 8 rings (SSSR count). The van der Waals surface area contributed by atoms with Gasteiger partial charge in [-0.05, 0) is 177 Å². The van der Waals surface area contributed by atoms with Crippen molar-refractivity contribution >= 4 is 0 Å². The highest BCUT2D eigenvalue weighted by Gasteiger charge is 2.24. The molecule has 4 aromatic carbocycles. The molecule has 0 atom stereocenters. The second-order valence-corrected chi connectivity index (χ2v) is 28.3. The van der Waals surface area contributed by atoms with Crippen molar-refractivity contribution in [2.24, 2.45) is 55.8 Å². The highest BCUT2D eigenvalue weighted by atomic mass is 14.9. The Morgan fingerprint density at radius 2 is 0.735 bits per heavy atom. The fraction of sp³-hybridized carbons (Fsp3) is 0.443. The van der Waals surface area contributed by atoms with E-state index in [4.69, 9.17) is 8.22 Å². The molecule has 0 N–H and O–H groups in total. The summed E-state index contributed by atoms with van der Waals surface area (Å²) in [4.78, 5) is 0. The summed E-state index contributed by atoms with van der Waals surface area (Å²) in [6, 6.07) is 42.4. The highest BCUT2D eigenvalue weighted by Crippen LogP contribution is 2.31. The van der Waals surface area contributed by atoms with Gasteiger partial charge >= 0.3 is 0 Å². The first-order valence-corrected chi connectivity index (χ1v) is 30.1. The normalized spacial score (nSPS) is 13.4. The van der Waals surface area contributed by atoms with Crippen molar-refractivity contribution in [1.29, 1.82) is 0 Å². The van der Waals surface area contributed by atoms with Crippen LogP contribution in [0.5, 0.6) is 0 Å². The van der Waals surface area contributed by atoms with Crippen LogP contribution in [0.2, 0.25) is 0 Å². The molecule has 0 saturated carbocycles. The summed E-state index contributed by atoms with van der Waals surface area (Å²) in [6.45, 7) is 43.7. The van der Waals surface area contributed by atoms with Gasteiger partial charge in [-0.15, -0.1) is 0 Å². The Balaban J connectivity index is 0.000000218. The predicted octanol–water partition coefficient (Wildman–Crippen LogP) is 18.4.